The number of aryl methyl sites for hydroxylation is 1. The minimum atomic E-state index is -0.632. The average molecular weight is 301 g/mol. The van der Waals surface area contributed by atoms with Crippen LogP contribution < -0.4 is 16.4 Å². The van der Waals surface area contributed by atoms with Crippen LogP contribution in [-0.2, 0) is 0 Å². The zero-order valence-electron chi connectivity index (χ0n) is 11.7. The molecular formula is C15H15N3O2S. The van der Waals surface area contributed by atoms with Gasteiger partial charge >= 0.3 is 11.1 Å². The van der Waals surface area contributed by atoms with E-state index in [1.165, 1.54) is 11.1 Å². The third-order valence-corrected chi connectivity index (χ3v) is 4.45. The second-order valence-corrected chi connectivity index (χ2v) is 5.69. The molecule has 0 radical (unpaired) electrons. The van der Waals surface area contributed by atoms with Crippen LogP contribution in [0.3, 0.4) is 0 Å². The molecule has 1 aromatic carbocycles. The van der Waals surface area contributed by atoms with Gasteiger partial charge in [-0.2, -0.15) is 11.3 Å². The van der Waals surface area contributed by atoms with Gasteiger partial charge in [-0.15, -0.1) is 0 Å². The van der Waals surface area contributed by atoms with Gasteiger partial charge in [0.25, 0.3) is 0 Å². The number of fused-ring (bicyclic) bond motifs is 1. The van der Waals surface area contributed by atoms with Gasteiger partial charge in [0.2, 0.25) is 0 Å². The van der Waals surface area contributed by atoms with Gasteiger partial charge in [0.1, 0.15) is 0 Å². The Labute approximate surface area is 124 Å². The molecule has 3 N–H and O–H groups in total. The van der Waals surface area contributed by atoms with Crippen LogP contribution in [0.2, 0.25) is 0 Å². The number of hydrogen-bond acceptors (Lipinski definition) is 4. The number of nitrogens with one attached hydrogen (secondary N) is 3. The van der Waals surface area contributed by atoms with E-state index in [1.54, 1.807) is 11.3 Å². The van der Waals surface area contributed by atoms with Crippen molar-refractivity contribution in [3.63, 3.8) is 0 Å². The Kier molecular flexibility index (Phi) is 3.48. The van der Waals surface area contributed by atoms with E-state index < -0.39 is 11.1 Å². The highest BCUT2D eigenvalue weighted by Gasteiger charge is 2.15. The Morgan fingerprint density at radius 3 is 2.43 bits per heavy atom. The fourth-order valence-electron chi connectivity index (χ4n) is 2.48. The first-order valence-electron chi connectivity index (χ1n) is 6.56. The normalized spacial score (nSPS) is 12.7. The second kappa shape index (κ2) is 5.31. The summed E-state index contributed by atoms with van der Waals surface area (Å²) in [5.74, 6) is 0. The van der Waals surface area contributed by atoms with E-state index in [9.17, 15) is 9.59 Å². The molecule has 6 heteroatoms. The van der Waals surface area contributed by atoms with Gasteiger partial charge in [0, 0.05) is 0 Å². The number of aromatic amines is 2. The molecule has 5 nitrogen and oxygen atoms in total. The molecule has 0 aliphatic rings. The van der Waals surface area contributed by atoms with Gasteiger partial charge in [-0.05, 0) is 53.6 Å². The van der Waals surface area contributed by atoms with Crippen molar-refractivity contribution in [3.8, 4) is 0 Å². The van der Waals surface area contributed by atoms with Crippen LogP contribution in [0, 0.1) is 6.92 Å². The van der Waals surface area contributed by atoms with Gasteiger partial charge in [-0.25, -0.2) is 0 Å². The highest BCUT2D eigenvalue weighted by atomic mass is 32.1. The summed E-state index contributed by atoms with van der Waals surface area (Å²) in [6.07, 6.45) is 0. The molecule has 0 spiro atoms. The maximum atomic E-state index is 11.5. The van der Waals surface area contributed by atoms with Gasteiger partial charge in [-0.3, -0.25) is 9.59 Å². The maximum absolute atomic E-state index is 11.5. The summed E-state index contributed by atoms with van der Waals surface area (Å²) in [5, 5.41) is 7.53. The van der Waals surface area contributed by atoms with Crippen LogP contribution >= 0.6 is 11.3 Å². The molecule has 1 atom stereocenters. The van der Waals surface area contributed by atoms with Crippen LogP contribution in [0.25, 0.3) is 11.0 Å². The van der Waals surface area contributed by atoms with Crippen molar-refractivity contribution in [2.45, 2.75) is 13.0 Å². The molecule has 2 heterocycles. The zero-order valence-corrected chi connectivity index (χ0v) is 12.5. The Bertz CT molecular complexity index is 907. The summed E-state index contributed by atoms with van der Waals surface area (Å²) in [7, 11) is 1.90. The molecular weight excluding hydrogens is 286 g/mol. The summed E-state index contributed by atoms with van der Waals surface area (Å²) in [6, 6.07) is 5.71. The number of hydrogen-bond donors (Lipinski definition) is 3. The average Bonchev–Trinajstić information content (AvgIpc) is 2.88. The van der Waals surface area contributed by atoms with E-state index >= 15 is 0 Å². The Balaban J connectivity index is 2.15. The lowest BCUT2D eigenvalue weighted by molar-refractivity contribution is 0.691. The maximum Gasteiger partial charge on any atom is 0.314 e. The first kappa shape index (κ1) is 13.8. The molecule has 0 aliphatic heterocycles. The summed E-state index contributed by atoms with van der Waals surface area (Å²) in [5.41, 5.74) is 3.48. The molecule has 0 amide bonds. The van der Waals surface area contributed by atoms with Crippen LogP contribution in [-0.4, -0.2) is 17.0 Å². The van der Waals surface area contributed by atoms with Crippen LogP contribution in [0.5, 0.6) is 0 Å². The largest absolute Gasteiger partial charge is 0.316 e. The Morgan fingerprint density at radius 1 is 1.10 bits per heavy atom. The molecule has 108 valence electrons. The molecule has 0 fully saturated rings. The third-order valence-electron chi connectivity index (χ3n) is 3.57. The van der Waals surface area contributed by atoms with E-state index in [0.29, 0.717) is 11.0 Å². The van der Waals surface area contributed by atoms with Crippen LogP contribution in [0.4, 0.5) is 0 Å². The number of aromatic nitrogens is 2. The number of thiophene rings is 1. The SMILES string of the molecule is CNC(c1ccc2[nH]c(=O)c(=O)[nH]c2c1)c1cscc1C. The van der Waals surface area contributed by atoms with Crippen molar-refractivity contribution in [1.29, 1.82) is 0 Å². The summed E-state index contributed by atoms with van der Waals surface area (Å²) < 4.78 is 0. The number of H-pyrrole nitrogens is 2. The highest BCUT2D eigenvalue weighted by Crippen LogP contribution is 2.28. The Hall–Kier alpha value is -2.18. The molecule has 21 heavy (non-hydrogen) atoms. The van der Waals surface area contributed by atoms with Gasteiger partial charge in [0.05, 0.1) is 17.1 Å². The fourth-order valence-corrected chi connectivity index (χ4v) is 3.36. The van der Waals surface area contributed by atoms with E-state index in [-0.39, 0.29) is 6.04 Å². The van der Waals surface area contributed by atoms with Crippen LogP contribution in [0.1, 0.15) is 22.7 Å². The van der Waals surface area contributed by atoms with E-state index in [1.807, 2.05) is 25.2 Å². The van der Waals surface area contributed by atoms with Gasteiger partial charge in [-0.1, -0.05) is 6.07 Å². The first-order valence-corrected chi connectivity index (χ1v) is 7.50. The van der Waals surface area contributed by atoms with E-state index in [4.69, 9.17) is 0 Å². The van der Waals surface area contributed by atoms with Gasteiger partial charge in [0.15, 0.2) is 0 Å². The number of rotatable bonds is 3. The molecule has 2 aromatic heterocycles. The minimum absolute atomic E-state index is 0.0519. The summed E-state index contributed by atoms with van der Waals surface area (Å²) >= 11 is 1.67. The van der Waals surface area contributed by atoms with Gasteiger partial charge < -0.3 is 15.3 Å². The van der Waals surface area contributed by atoms with Crippen molar-refractivity contribution < 1.29 is 0 Å². The smallest absolute Gasteiger partial charge is 0.314 e. The predicted octanol–water partition coefficient (Wildman–Crippen LogP) is 1.90. The second-order valence-electron chi connectivity index (χ2n) is 4.95. The van der Waals surface area contributed by atoms with Crippen molar-refractivity contribution in [1.82, 2.24) is 15.3 Å². The molecule has 0 aliphatic carbocycles. The fraction of sp³-hybridized carbons (Fsp3) is 0.200. The summed E-state index contributed by atoms with van der Waals surface area (Å²) in [6.45, 7) is 2.08. The molecule has 0 bridgehead atoms. The lowest BCUT2D eigenvalue weighted by atomic mass is 9.98. The van der Waals surface area contributed by atoms with Crippen molar-refractivity contribution in [2.24, 2.45) is 0 Å². The standard InChI is InChI=1S/C15H15N3O2S/c1-8-6-21-7-10(8)13(16-2)9-3-4-11-12(5-9)18-15(20)14(19)17-11/h3-7,13,16H,1-2H3,(H,17,19)(H,18,20). The lowest BCUT2D eigenvalue weighted by Crippen LogP contribution is -2.29. The molecule has 1 unspecified atom stereocenters. The van der Waals surface area contributed by atoms with Crippen LogP contribution in [0.15, 0.2) is 38.5 Å². The predicted molar refractivity (Wildman–Crippen MR) is 85.1 cm³/mol. The van der Waals surface area contributed by atoms with Crippen molar-refractivity contribution in [2.75, 3.05) is 7.05 Å². The third kappa shape index (κ3) is 2.43. The van der Waals surface area contributed by atoms with Crippen molar-refractivity contribution >= 4 is 22.4 Å². The van der Waals surface area contributed by atoms with E-state index in [2.05, 4.69) is 33.0 Å². The molecule has 0 saturated heterocycles. The zero-order chi connectivity index (χ0) is 15.0. The van der Waals surface area contributed by atoms with Crippen molar-refractivity contribution in [3.05, 3.63) is 66.4 Å². The molecule has 3 aromatic rings. The first-order chi connectivity index (χ1) is 10.1. The molecule has 3 rings (SSSR count). The topological polar surface area (TPSA) is 77.8 Å². The Morgan fingerprint density at radius 2 is 1.81 bits per heavy atom. The lowest BCUT2D eigenvalue weighted by Gasteiger charge is -2.17. The monoisotopic (exact) mass is 301 g/mol. The summed E-state index contributed by atoms with van der Waals surface area (Å²) in [4.78, 5) is 28.0. The quantitative estimate of drug-likeness (QED) is 0.647. The van der Waals surface area contributed by atoms with E-state index in [0.717, 1.165) is 5.56 Å². The highest BCUT2D eigenvalue weighted by molar-refractivity contribution is 7.08. The molecule has 0 saturated carbocycles. The number of benzene rings is 1. The minimum Gasteiger partial charge on any atom is -0.316 e.